The van der Waals surface area contributed by atoms with Crippen LogP contribution in [0.4, 0.5) is 5.69 Å². The first-order valence-electron chi connectivity index (χ1n) is 11.2. The zero-order chi connectivity index (χ0) is 24.0. The molecule has 2 aromatic rings. The summed E-state index contributed by atoms with van der Waals surface area (Å²) < 4.78 is 7.18. The number of nitrogens with two attached hydrogens (primary N) is 2. The number of hydrazone groups is 1. The van der Waals surface area contributed by atoms with Crippen molar-refractivity contribution in [2.45, 2.75) is 52.1 Å². The van der Waals surface area contributed by atoms with Crippen LogP contribution in [0.25, 0.3) is 10.9 Å². The van der Waals surface area contributed by atoms with Crippen molar-refractivity contribution in [3.05, 3.63) is 35.8 Å². The molecule has 33 heavy (non-hydrogen) atoms. The number of aliphatic imine (C=N–C) groups is 1. The number of nitrogens with zero attached hydrogens (tertiary/aromatic N) is 4. The average molecular weight is 455 g/mol. The van der Waals surface area contributed by atoms with Gasteiger partial charge < -0.3 is 21.5 Å². The molecule has 6 N–H and O–H groups in total. The second kappa shape index (κ2) is 11.1. The Kier molecular flexibility index (Phi) is 8.18. The number of nitrogens with one attached hydrogen (secondary N) is 2. The SMILES string of the molecule is CCC/C=C(/N/N=C(/C(N)=O)C(C)=Nc1cc(C)c2cn(C)nc2c1)N[C@@H]1CCOC[C@@H]1N. The summed E-state index contributed by atoms with van der Waals surface area (Å²) >= 11 is 0. The van der Waals surface area contributed by atoms with Crippen LogP contribution in [0, 0.1) is 6.92 Å². The summed E-state index contributed by atoms with van der Waals surface area (Å²) in [5.74, 6) is 0.00787. The zero-order valence-corrected chi connectivity index (χ0v) is 19.8. The van der Waals surface area contributed by atoms with Crippen LogP contribution in [-0.4, -0.2) is 52.4 Å². The highest BCUT2D eigenvalue weighted by atomic mass is 16.5. The van der Waals surface area contributed by atoms with Crippen molar-refractivity contribution >= 4 is 33.9 Å². The number of rotatable bonds is 9. The van der Waals surface area contributed by atoms with Crippen LogP contribution >= 0.6 is 0 Å². The van der Waals surface area contributed by atoms with Gasteiger partial charge in [-0.3, -0.25) is 19.9 Å². The molecule has 0 unspecified atom stereocenters. The maximum atomic E-state index is 12.2. The number of ether oxygens (including phenoxy) is 1. The molecule has 1 aliphatic rings. The van der Waals surface area contributed by atoms with Gasteiger partial charge in [-0.1, -0.05) is 13.3 Å². The summed E-state index contributed by atoms with van der Waals surface area (Å²) in [6.07, 6.45) is 6.55. The standard InChI is InChI=1S/C23H34N8O2/c1-5-6-7-21(27-19-8-9-33-13-18(19)24)28-29-22(23(25)32)15(3)26-16-10-14(2)17-12-31(4)30-20(17)11-16/h7,10-12,18-19,27-28H,5-6,8-9,13,24H2,1-4H3,(H2,25,32)/b21-7+,26-15?,29-22+/t18-,19+/m0/s1. The van der Waals surface area contributed by atoms with Gasteiger partial charge in [0.25, 0.3) is 5.91 Å². The van der Waals surface area contributed by atoms with Crippen molar-refractivity contribution in [1.29, 1.82) is 0 Å². The number of hydrogen-bond donors (Lipinski definition) is 4. The van der Waals surface area contributed by atoms with Crippen molar-refractivity contribution in [3.63, 3.8) is 0 Å². The van der Waals surface area contributed by atoms with Gasteiger partial charge >= 0.3 is 0 Å². The zero-order valence-electron chi connectivity index (χ0n) is 19.8. The Hall–Kier alpha value is -3.24. The van der Waals surface area contributed by atoms with Crippen LogP contribution in [0.1, 0.15) is 38.7 Å². The fourth-order valence-corrected chi connectivity index (χ4v) is 3.70. The second-order valence-electron chi connectivity index (χ2n) is 8.32. The van der Waals surface area contributed by atoms with Gasteiger partial charge in [-0.05, 0) is 50.5 Å². The van der Waals surface area contributed by atoms with Crippen molar-refractivity contribution in [2.24, 2.45) is 28.6 Å². The van der Waals surface area contributed by atoms with Gasteiger partial charge in [0.2, 0.25) is 0 Å². The first-order valence-corrected chi connectivity index (χ1v) is 11.2. The van der Waals surface area contributed by atoms with Crippen molar-refractivity contribution in [2.75, 3.05) is 13.2 Å². The number of unbranched alkanes of at least 4 members (excludes halogenated alkanes) is 1. The molecule has 1 amide bonds. The third-order valence-electron chi connectivity index (χ3n) is 5.47. The molecule has 1 fully saturated rings. The van der Waals surface area contributed by atoms with Crippen LogP contribution in [0.3, 0.4) is 0 Å². The topological polar surface area (TPSA) is 145 Å². The predicted molar refractivity (Wildman–Crippen MR) is 131 cm³/mol. The highest BCUT2D eigenvalue weighted by Gasteiger charge is 2.23. The fourth-order valence-electron chi connectivity index (χ4n) is 3.70. The number of benzene rings is 1. The molecule has 2 atom stereocenters. The van der Waals surface area contributed by atoms with Gasteiger partial charge in [-0.15, -0.1) is 0 Å². The summed E-state index contributed by atoms with van der Waals surface area (Å²) in [7, 11) is 1.88. The van der Waals surface area contributed by atoms with Crippen LogP contribution in [0.2, 0.25) is 0 Å². The number of fused-ring (bicyclic) bond motifs is 1. The van der Waals surface area contributed by atoms with E-state index in [2.05, 4.69) is 32.9 Å². The maximum Gasteiger partial charge on any atom is 0.271 e. The highest BCUT2D eigenvalue weighted by molar-refractivity contribution is 6.66. The Balaban J connectivity index is 1.83. The molecule has 0 radical (unpaired) electrons. The molecule has 178 valence electrons. The summed E-state index contributed by atoms with van der Waals surface area (Å²) in [6.45, 7) is 6.94. The van der Waals surface area contributed by atoms with E-state index < -0.39 is 5.91 Å². The number of carbonyl (C=O) groups excluding carboxylic acids is 1. The molecule has 0 spiro atoms. The number of aryl methyl sites for hydroxylation is 2. The normalized spacial score (nSPS) is 20.2. The molecule has 0 bridgehead atoms. The van der Waals surface area contributed by atoms with E-state index in [1.807, 2.05) is 38.4 Å². The van der Waals surface area contributed by atoms with Gasteiger partial charge in [0.1, 0.15) is 5.82 Å². The fraction of sp³-hybridized carbons (Fsp3) is 0.478. The first kappa shape index (κ1) is 24.4. The van der Waals surface area contributed by atoms with Crippen LogP contribution in [-0.2, 0) is 16.6 Å². The molecule has 1 aromatic carbocycles. The monoisotopic (exact) mass is 454 g/mol. The molecule has 0 aliphatic carbocycles. The molecule has 10 heteroatoms. The molecule has 3 rings (SSSR count). The van der Waals surface area contributed by atoms with Crippen LogP contribution in [0.5, 0.6) is 0 Å². The second-order valence-corrected chi connectivity index (χ2v) is 8.32. The Labute approximate surface area is 194 Å². The highest BCUT2D eigenvalue weighted by Crippen LogP contribution is 2.24. The Morgan fingerprint density at radius 2 is 2.21 bits per heavy atom. The predicted octanol–water partition coefficient (Wildman–Crippen LogP) is 1.75. The van der Waals surface area contributed by atoms with Crippen molar-refractivity contribution < 1.29 is 9.53 Å². The lowest BCUT2D eigenvalue weighted by Crippen LogP contribution is -2.52. The number of primary amides is 1. The average Bonchev–Trinajstić information content (AvgIpc) is 3.14. The van der Waals surface area contributed by atoms with Crippen LogP contribution in [0.15, 0.2) is 40.3 Å². The smallest absolute Gasteiger partial charge is 0.271 e. The Morgan fingerprint density at radius 1 is 1.42 bits per heavy atom. The minimum atomic E-state index is -0.669. The Bertz CT molecular complexity index is 1090. The first-order chi connectivity index (χ1) is 15.8. The summed E-state index contributed by atoms with van der Waals surface area (Å²) in [6, 6.07) is 3.74. The van der Waals surface area contributed by atoms with Crippen molar-refractivity contribution in [1.82, 2.24) is 20.5 Å². The van der Waals surface area contributed by atoms with Crippen LogP contribution < -0.4 is 22.2 Å². The van der Waals surface area contributed by atoms with Gasteiger partial charge in [0, 0.05) is 37.3 Å². The maximum absolute atomic E-state index is 12.2. The van der Waals surface area contributed by atoms with Gasteiger partial charge in [0.05, 0.1) is 23.5 Å². The summed E-state index contributed by atoms with van der Waals surface area (Å²) in [4.78, 5) is 16.7. The molecule has 1 aliphatic heterocycles. The summed E-state index contributed by atoms with van der Waals surface area (Å²) in [5, 5.41) is 13.2. The quantitative estimate of drug-likeness (QED) is 0.335. The number of carbonyl (C=O) groups is 1. The molecule has 10 nitrogen and oxygen atoms in total. The lowest BCUT2D eigenvalue weighted by atomic mass is 10.0. The Morgan fingerprint density at radius 3 is 2.91 bits per heavy atom. The van der Waals surface area contributed by atoms with E-state index in [0.29, 0.717) is 30.4 Å². The molecular weight excluding hydrogens is 420 g/mol. The third kappa shape index (κ3) is 6.39. The number of aromatic nitrogens is 2. The minimum Gasteiger partial charge on any atom is -0.380 e. The third-order valence-corrected chi connectivity index (χ3v) is 5.47. The largest absolute Gasteiger partial charge is 0.380 e. The van der Waals surface area contributed by atoms with E-state index in [1.54, 1.807) is 11.6 Å². The summed E-state index contributed by atoms with van der Waals surface area (Å²) in [5.41, 5.74) is 17.8. The molecule has 1 aromatic heterocycles. The number of hydrogen-bond acceptors (Lipinski definition) is 8. The van der Waals surface area contributed by atoms with E-state index >= 15 is 0 Å². The van der Waals surface area contributed by atoms with E-state index in [0.717, 1.165) is 35.7 Å². The molecular formula is C23H34N8O2. The van der Waals surface area contributed by atoms with Crippen molar-refractivity contribution in [3.8, 4) is 0 Å². The van der Waals surface area contributed by atoms with Gasteiger partial charge in [-0.2, -0.15) is 10.2 Å². The van der Waals surface area contributed by atoms with E-state index in [-0.39, 0.29) is 17.8 Å². The van der Waals surface area contributed by atoms with E-state index in [1.165, 1.54) is 0 Å². The number of allylic oxidation sites excluding steroid dienone is 1. The van der Waals surface area contributed by atoms with Gasteiger partial charge in [0.15, 0.2) is 5.71 Å². The lowest BCUT2D eigenvalue weighted by molar-refractivity contribution is -0.111. The van der Waals surface area contributed by atoms with E-state index in [9.17, 15) is 4.79 Å². The molecule has 2 heterocycles. The number of amides is 1. The molecule has 0 saturated carbocycles. The lowest BCUT2D eigenvalue weighted by Gasteiger charge is -2.30. The molecule has 1 saturated heterocycles. The minimum absolute atomic E-state index is 0.0458. The van der Waals surface area contributed by atoms with Gasteiger partial charge in [-0.25, -0.2) is 0 Å². The van der Waals surface area contributed by atoms with E-state index in [4.69, 9.17) is 16.2 Å².